The van der Waals surface area contributed by atoms with E-state index in [4.69, 9.17) is 10.8 Å². The van der Waals surface area contributed by atoms with Crippen LogP contribution >= 0.6 is 0 Å². The number of aliphatic hydroxyl groups is 1. The van der Waals surface area contributed by atoms with Crippen LogP contribution in [0.5, 0.6) is 0 Å². The molecule has 5 nitrogen and oxygen atoms in total. The Bertz CT molecular complexity index is 748. The van der Waals surface area contributed by atoms with Crippen LogP contribution in [0, 0.1) is 5.82 Å². The average molecular weight is 310 g/mol. The molecular formula is C14H15FN2O3S. The first kappa shape index (κ1) is 15.4. The molecule has 0 aromatic heterocycles. The van der Waals surface area contributed by atoms with Gasteiger partial charge in [0.2, 0.25) is 10.0 Å². The third-order valence-electron chi connectivity index (χ3n) is 2.94. The van der Waals surface area contributed by atoms with Gasteiger partial charge in [-0.3, -0.25) is 0 Å². The fourth-order valence-corrected chi connectivity index (χ4v) is 3.00. The number of sulfonamides is 1. The van der Waals surface area contributed by atoms with E-state index in [-0.39, 0.29) is 18.0 Å². The molecule has 0 unspecified atom stereocenters. The van der Waals surface area contributed by atoms with E-state index in [1.807, 2.05) is 0 Å². The van der Waals surface area contributed by atoms with E-state index in [0.717, 1.165) is 6.07 Å². The van der Waals surface area contributed by atoms with Gasteiger partial charge in [-0.2, -0.15) is 0 Å². The third-order valence-corrected chi connectivity index (χ3v) is 4.40. The second-order valence-electron chi connectivity index (χ2n) is 4.45. The summed E-state index contributed by atoms with van der Waals surface area (Å²) < 4.78 is 39.9. The smallest absolute Gasteiger partial charge is 0.243 e. The summed E-state index contributed by atoms with van der Waals surface area (Å²) in [6, 6.07) is 10.5. The molecule has 0 atom stereocenters. The van der Waals surface area contributed by atoms with Crippen molar-refractivity contribution in [3.05, 3.63) is 59.4 Å². The molecule has 0 spiro atoms. The van der Waals surface area contributed by atoms with Gasteiger partial charge in [-0.1, -0.05) is 30.3 Å². The van der Waals surface area contributed by atoms with Crippen molar-refractivity contribution in [1.29, 1.82) is 0 Å². The first-order valence-electron chi connectivity index (χ1n) is 6.16. The maximum atomic E-state index is 13.3. The van der Waals surface area contributed by atoms with Crippen LogP contribution < -0.4 is 10.5 Å². The minimum absolute atomic E-state index is 0.0200. The highest BCUT2D eigenvalue weighted by atomic mass is 32.2. The number of hydrogen-bond acceptors (Lipinski definition) is 4. The van der Waals surface area contributed by atoms with Gasteiger partial charge in [-0.15, -0.1) is 0 Å². The van der Waals surface area contributed by atoms with E-state index in [0.29, 0.717) is 11.1 Å². The van der Waals surface area contributed by atoms with Crippen LogP contribution in [0.3, 0.4) is 0 Å². The lowest BCUT2D eigenvalue weighted by Gasteiger charge is -2.10. The van der Waals surface area contributed by atoms with E-state index < -0.39 is 21.5 Å². The maximum Gasteiger partial charge on any atom is 0.243 e. The molecule has 0 aliphatic heterocycles. The van der Waals surface area contributed by atoms with Crippen molar-refractivity contribution in [3.8, 4) is 0 Å². The zero-order chi connectivity index (χ0) is 15.5. The molecule has 7 heteroatoms. The first-order chi connectivity index (χ1) is 9.94. The van der Waals surface area contributed by atoms with Gasteiger partial charge in [0.25, 0.3) is 0 Å². The van der Waals surface area contributed by atoms with Gasteiger partial charge < -0.3 is 10.8 Å². The number of anilines is 1. The molecule has 0 aliphatic rings. The van der Waals surface area contributed by atoms with Gasteiger partial charge in [0, 0.05) is 6.54 Å². The summed E-state index contributed by atoms with van der Waals surface area (Å²) in [5.74, 6) is -0.778. The molecule has 0 aliphatic carbocycles. The quantitative estimate of drug-likeness (QED) is 0.727. The molecule has 2 aromatic carbocycles. The minimum atomic E-state index is -3.91. The monoisotopic (exact) mass is 310 g/mol. The number of aliphatic hydroxyl groups excluding tert-OH is 1. The maximum absolute atomic E-state index is 13.3. The summed E-state index contributed by atoms with van der Waals surface area (Å²) in [4.78, 5) is -0.291. The third kappa shape index (κ3) is 3.57. The molecule has 21 heavy (non-hydrogen) atoms. The van der Waals surface area contributed by atoms with E-state index in [1.54, 1.807) is 24.3 Å². The second-order valence-corrected chi connectivity index (χ2v) is 6.19. The van der Waals surface area contributed by atoms with Crippen molar-refractivity contribution in [2.24, 2.45) is 0 Å². The van der Waals surface area contributed by atoms with Crippen LogP contribution in [0.4, 0.5) is 10.1 Å². The summed E-state index contributed by atoms with van der Waals surface area (Å²) in [6.07, 6.45) is 0. The molecule has 0 saturated heterocycles. The Kier molecular flexibility index (Phi) is 4.56. The molecule has 0 fully saturated rings. The number of benzene rings is 2. The van der Waals surface area contributed by atoms with E-state index in [2.05, 4.69) is 4.72 Å². The lowest BCUT2D eigenvalue weighted by molar-refractivity contribution is 0.281. The highest BCUT2D eigenvalue weighted by Gasteiger charge is 2.19. The number of rotatable bonds is 5. The Morgan fingerprint density at radius 3 is 2.52 bits per heavy atom. The highest BCUT2D eigenvalue weighted by Crippen LogP contribution is 2.21. The Hall–Kier alpha value is -1.96. The molecule has 0 radical (unpaired) electrons. The molecule has 0 saturated carbocycles. The van der Waals surface area contributed by atoms with Gasteiger partial charge >= 0.3 is 0 Å². The summed E-state index contributed by atoms with van der Waals surface area (Å²) in [5, 5.41) is 9.04. The SMILES string of the molecule is Nc1c(F)cccc1S(=O)(=O)NCc1cccc(CO)c1. The highest BCUT2D eigenvalue weighted by molar-refractivity contribution is 7.89. The molecular weight excluding hydrogens is 295 g/mol. The van der Waals surface area contributed by atoms with Crippen LogP contribution in [0.2, 0.25) is 0 Å². The van der Waals surface area contributed by atoms with Crippen molar-refractivity contribution in [2.75, 3.05) is 5.73 Å². The predicted molar refractivity (Wildman–Crippen MR) is 77.2 cm³/mol. The van der Waals surface area contributed by atoms with E-state index in [9.17, 15) is 12.8 Å². The number of hydrogen-bond donors (Lipinski definition) is 3. The van der Waals surface area contributed by atoms with Gasteiger partial charge in [0.05, 0.1) is 12.3 Å². The summed E-state index contributed by atoms with van der Waals surface area (Å²) >= 11 is 0. The van der Waals surface area contributed by atoms with Crippen LogP contribution in [-0.2, 0) is 23.2 Å². The second kappa shape index (κ2) is 6.21. The van der Waals surface area contributed by atoms with Crippen molar-refractivity contribution in [2.45, 2.75) is 18.0 Å². The Labute approximate surface area is 122 Å². The van der Waals surface area contributed by atoms with E-state index >= 15 is 0 Å². The predicted octanol–water partition coefficient (Wildman–Crippen LogP) is 1.38. The van der Waals surface area contributed by atoms with Crippen LogP contribution in [-0.4, -0.2) is 13.5 Å². The Balaban J connectivity index is 2.20. The Morgan fingerprint density at radius 1 is 1.14 bits per heavy atom. The number of nitrogens with one attached hydrogen (secondary N) is 1. The number of nitrogen functional groups attached to an aromatic ring is 1. The van der Waals surface area contributed by atoms with Crippen molar-refractivity contribution in [3.63, 3.8) is 0 Å². The average Bonchev–Trinajstić information content (AvgIpc) is 2.48. The summed E-state index contributed by atoms with van der Waals surface area (Å²) in [7, 11) is -3.91. The van der Waals surface area contributed by atoms with Crippen molar-refractivity contribution >= 4 is 15.7 Å². The van der Waals surface area contributed by atoms with Gasteiger partial charge in [0.15, 0.2) is 0 Å². The van der Waals surface area contributed by atoms with Crippen LogP contribution in [0.1, 0.15) is 11.1 Å². The zero-order valence-electron chi connectivity index (χ0n) is 11.1. The zero-order valence-corrected chi connectivity index (χ0v) is 11.9. The topological polar surface area (TPSA) is 92.4 Å². The standard InChI is InChI=1S/C14H15FN2O3S/c15-12-5-2-6-13(14(12)16)21(19,20)17-8-10-3-1-4-11(7-10)9-18/h1-7,17-18H,8-9,16H2. The van der Waals surface area contributed by atoms with Gasteiger partial charge in [-0.05, 0) is 23.3 Å². The minimum Gasteiger partial charge on any atom is -0.395 e. The van der Waals surface area contributed by atoms with Gasteiger partial charge in [0.1, 0.15) is 10.7 Å². The normalized spacial score (nSPS) is 11.5. The van der Waals surface area contributed by atoms with Crippen LogP contribution in [0.15, 0.2) is 47.4 Å². The molecule has 2 aromatic rings. The summed E-state index contributed by atoms with van der Waals surface area (Å²) in [6.45, 7) is -0.108. The Morgan fingerprint density at radius 2 is 1.81 bits per heavy atom. The van der Waals surface area contributed by atoms with Crippen molar-refractivity contribution in [1.82, 2.24) is 4.72 Å². The number of para-hydroxylation sites is 1. The molecule has 0 heterocycles. The van der Waals surface area contributed by atoms with E-state index in [1.165, 1.54) is 12.1 Å². The number of halogens is 1. The summed E-state index contributed by atoms with van der Waals surface area (Å²) in [5.41, 5.74) is 6.41. The first-order valence-corrected chi connectivity index (χ1v) is 7.64. The lowest BCUT2D eigenvalue weighted by Crippen LogP contribution is -2.24. The van der Waals surface area contributed by atoms with Crippen LogP contribution in [0.25, 0.3) is 0 Å². The fraction of sp³-hybridized carbons (Fsp3) is 0.143. The molecule has 112 valence electrons. The molecule has 2 rings (SSSR count). The molecule has 4 N–H and O–H groups in total. The van der Waals surface area contributed by atoms with Gasteiger partial charge in [-0.25, -0.2) is 17.5 Å². The molecule has 0 bridgehead atoms. The number of nitrogens with two attached hydrogens (primary N) is 1. The van der Waals surface area contributed by atoms with Crippen molar-refractivity contribution < 1.29 is 17.9 Å². The molecule has 0 amide bonds. The largest absolute Gasteiger partial charge is 0.395 e. The fourth-order valence-electron chi connectivity index (χ4n) is 1.85. The lowest BCUT2D eigenvalue weighted by atomic mass is 10.1.